The Labute approximate surface area is 184 Å². The van der Waals surface area contributed by atoms with Crippen molar-refractivity contribution in [1.29, 1.82) is 0 Å². The number of rotatable bonds is 10. The molecule has 1 heterocycles. The Morgan fingerprint density at radius 2 is 1.45 bits per heavy atom. The van der Waals surface area contributed by atoms with Crippen molar-refractivity contribution in [1.82, 2.24) is 5.32 Å². The van der Waals surface area contributed by atoms with Gasteiger partial charge in [0.2, 0.25) is 0 Å². The van der Waals surface area contributed by atoms with Crippen molar-refractivity contribution in [3.63, 3.8) is 0 Å². The number of nitrogens with one attached hydrogen (secondary N) is 3. The molecule has 3 N–H and O–H groups in total. The summed E-state index contributed by atoms with van der Waals surface area (Å²) in [4.78, 5) is 15.5. The highest BCUT2D eigenvalue weighted by molar-refractivity contribution is 5.79. The van der Waals surface area contributed by atoms with Gasteiger partial charge in [0.15, 0.2) is 6.04 Å². The average Bonchev–Trinajstić information content (AvgIpc) is 2.83. The van der Waals surface area contributed by atoms with Crippen molar-refractivity contribution in [3.8, 4) is 17.2 Å². The summed E-state index contributed by atoms with van der Waals surface area (Å²) in [6.07, 6.45) is 0. The first-order valence-electron chi connectivity index (χ1n) is 10.9. The van der Waals surface area contributed by atoms with Crippen molar-refractivity contribution in [2.45, 2.75) is 19.5 Å². The minimum atomic E-state index is -0.0460. The van der Waals surface area contributed by atoms with Crippen LogP contribution in [0, 0.1) is 0 Å². The van der Waals surface area contributed by atoms with Gasteiger partial charge in [-0.25, -0.2) is 0 Å². The van der Waals surface area contributed by atoms with Crippen LogP contribution in [0.25, 0.3) is 0 Å². The molecule has 0 aliphatic carbocycles. The molecule has 3 rings (SSSR count). The minimum Gasteiger partial charge on any atom is -0.497 e. The maximum Gasteiger partial charge on any atom is 0.278 e. The molecule has 1 aliphatic rings. The Morgan fingerprint density at radius 1 is 0.903 bits per heavy atom. The molecule has 168 valence electrons. The normalized spacial score (nSPS) is 19.3. The zero-order chi connectivity index (χ0) is 22.1. The van der Waals surface area contributed by atoms with E-state index in [0.717, 1.165) is 55.5 Å². The molecule has 31 heavy (non-hydrogen) atoms. The molecule has 2 aromatic carbocycles. The quantitative estimate of drug-likeness (QED) is 0.480. The summed E-state index contributed by atoms with van der Waals surface area (Å²) in [5.41, 5.74) is 1.07. The molecule has 1 fully saturated rings. The molecule has 7 nitrogen and oxygen atoms in total. The van der Waals surface area contributed by atoms with Gasteiger partial charge >= 0.3 is 0 Å². The Balaban J connectivity index is 1.34. The number of hydrogen-bond donors (Lipinski definition) is 3. The summed E-state index contributed by atoms with van der Waals surface area (Å²) in [6.45, 7) is 8.32. The molecular formula is C24H35N3O4+2. The second-order valence-corrected chi connectivity index (χ2v) is 7.97. The van der Waals surface area contributed by atoms with Crippen LogP contribution in [-0.4, -0.2) is 65.5 Å². The minimum absolute atomic E-state index is 0.0460. The first kappa shape index (κ1) is 22.9. The van der Waals surface area contributed by atoms with Crippen molar-refractivity contribution in [2.75, 3.05) is 53.6 Å². The van der Waals surface area contributed by atoms with Gasteiger partial charge in [-0.15, -0.1) is 0 Å². The van der Waals surface area contributed by atoms with Gasteiger partial charge in [0.05, 0.1) is 14.2 Å². The molecule has 0 aromatic heterocycles. The summed E-state index contributed by atoms with van der Waals surface area (Å²) < 4.78 is 16.2. The molecule has 1 saturated heterocycles. The van der Waals surface area contributed by atoms with Gasteiger partial charge in [-0.1, -0.05) is 12.1 Å². The van der Waals surface area contributed by atoms with Crippen LogP contribution in [0.5, 0.6) is 17.2 Å². The van der Waals surface area contributed by atoms with E-state index >= 15 is 0 Å². The molecule has 2 aromatic rings. The first-order chi connectivity index (χ1) is 15.1. The van der Waals surface area contributed by atoms with E-state index in [1.54, 1.807) is 14.2 Å². The number of ether oxygens (including phenoxy) is 3. The fourth-order valence-electron chi connectivity index (χ4n) is 3.86. The predicted molar refractivity (Wildman–Crippen MR) is 119 cm³/mol. The second-order valence-electron chi connectivity index (χ2n) is 7.97. The predicted octanol–water partition coefficient (Wildman–Crippen LogP) is -0.429. The number of piperazine rings is 1. The summed E-state index contributed by atoms with van der Waals surface area (Å²) in [7, 11) is 3.31. The van der Waals surface area contributed by atoms with Crippen LogP contribution in [0.1, 0.15) is 12.5 Å². The van der Waals surface area contributed by atoms with Crippen LogP contribution in [0.2, 0.25) is 0 Å². The SMILES string of the molecule is COc1ccc(CNC(=O)[C@H](C)[NH+]2CC[NH+](CCOc3ccc(OC)cc3)CC2)cc1. The van der Waals surface area contributed by atoms with E-state index in [9.17, 15) is 4.79 Å². The van der Waals surface area contributed by atoms with Crippen LogP contribution in [0.3, 0.4) is 0 Å². The molecule has 1 atom stereocenters. The first-order valence-corrected chi connectivity index (χ1v) is 10.9. The Kier molecular flexibility index (Phi) is 8.55. The van der Waals surface area contributed by atoms with E-state index < -0.39 is 0 Å². The number of amides is 1. The monoisotopic (exact) mass is 429 g/mol. The van der Waals surface area contributed by atoms with Crippen LogP contribution in [0.4, 0.5) is 0 Å². The fourth-order valence-corrected chi connectivity index (χ4v) is 3.86. The molecule has 1 amide bonds. The third-order valence-electron chi connectivity index (χ3n) is 6.01. The highest BCUT2D eigenvalue weighted by Gasteiger charge is 2.30. The van der Waals surface area contributed by atoms with Crippen molar-refractivity contribution < 1.29 is 28.8 Å². The maximum atomic E-state index is 12.6. The van der Waals surface area contributed by atoms with Gasteiger partial charge in [-0.2, -0.15) is 0 Å². The van der Waals surface area contributed by atoms with E-state index in [4.69, 9.17) is 14.2 Å². The lowest BCUT2D eigenvalue weighted by atomic mass is 10.2. The molecule has 0 unspecified atom stereocenters. The van der Waals surface area contributed by atoms with Gasteiger partial charge in [0.1, 0.15) is 56.6 Å². The van der Waals surface area contributed by atoms with E-state index in [1.807, 2.05) is 55.5 Å². The van der Waals surface area contributed by atoms with Gasteiger partial charge in [-0.3, -0.25) is 4.79 Å². The van der Waals surface area contributed by atoms with Crippen LogP contribution < -0.4 is 29.3 Å². The summed E-state index contributed by atoms with van der Waals surface area (Å²) >= 11 is 0. The standard InChI is InChI=1S/C24H33N3O4/c1-19(24(28)25-18-20-4-6-21(29-2)7-5-20)27-14-12-26(13-15-27)16-17-31-23-10-8-22(30-3)9-11-23/h4-11,19H,12-18H2,1-3H3,(H,25,28)/p+2/t19-/m0/s1. The topological polar surface area (TPSA) is 65.7 Å². The number of quaternary nitrogens is 2. The average molecular weight is 430 g/mol. The number of carbonyl (C=O) groups excluding carboxylic acids is 1. The van der Waals surface area contributed by atoms with Crippen LogP contribution in [-0.2, 0) is 11.3 Å². The lowest BCUT2D eigenvalue weighted by Gasteiger charge is -2.32. The lowest BCUT2D eigenvalue weighted by Crippen LogP contribution is -3.30. The molecule has 0 spiro atoms. The van der Waals surface area contributed by atoms with E-state index in [-0.39, 0.29) is 11.9 Å². The maximum absolute atomic E-state index is 12.6. The van der Waals surface area contributed by atoms with E-state index in [0.29, 0.717) is 13.2 Å². The van der Waals surface area contributed by atoms with Gasteiger partial charge < -0.3 is 29.3 Å². The van der Waals surface area contributed by atoms with Gasteiger partial charge in [-0.05, 0) is 48.9 Å². The van der Waals surface area contributed by atoms with Crippen LogP contribution >= 0.6 is 0 Å². The summed E-state index contributed by atoms with van der Waals surface area (Å²) in [5, 5.41) is 3.07. The van der Waals surface area contributed by atoms with Crippen molar-refractivity contribution in [2.24, 2.45) is 0 Å². The third kappa shape index (κ3) is 6.87. The molecule has 1 aliphatic heterocycles. The zero-order valence-corrected chi connectivity index (χ0v) is 18.8. The fraction of sp³-hybridized carbons (Fsp3) is 0.458. The van der Waals surface area contributed by atoms with Crippen molar-refractivity contribution >= 4 is 5.91 Å². The van der Waals surface area contributed by atoms with E-state index in [2.05, 4.69) is 5.32 Å². The van der Waals surface area contributed by atoms with Crippen molar-refractivity contribution in [3.05, 3.63) is 54.1 Å². The largest absolute Gasteiger partial charge is 0.497 e. The highest BCUT2D eigenvalue weighted by atomic mass is 16.5. The Morgan fingerprint density at radius 3 is 2.03 bits per heavy atom. The Bertz CT molecular complexity index is 803. The lowest BCUT2D eigenvalue weighted by molar-refractivity contribution is -1.02. The zero-order valence-electron chi connectivity index (χ0n) is 18.8. The molecular weight excluding hydrogens is 394 g/mol. The number of benzene rings is 2. The molecule has 0 saturated carbocycles. The number of methoxy groups -OCH3 is 2. The third-order valence-corrected chi connectivity index (χ3v) is 6.01. The van der Waals surface area contributed by atoms with E-state index in [1.165, 1.54) is 9.80 Å². The summed E-state index contributed by atoms with van der Waals surface area (Å²) in [6, 6.07) is 15.4. The molecule has 0 bridgehead atoms. The van der Waals surface area contributed by atoms with Crippen LogP contribution in [0.15, 0.2) is 48.5 Å². The second kappa shape index (κ2) is 11.6. The Hall–Kier alpha value is -2.77. The number of carbonyl (C=O) groups is 1. The highest BCUT2D eigenvalue weighted by Crippen LogP contribution is 2.16. The summed E-state index contributed by atoms with van der Waals surface area (Å²) in [5.74, 6) is 2.63. The van der Waals surface area contributed by atoms with Gasteiger partial charge in [0, 0.05) is 6.54 Å². The molecule has 0 radical (unpaired) electrons. The van der Waals surface area contributed by atoms with Gasteiger partial charge in [0.25, 0.3) is 5.91 Å². The smallest absolute Gasteiger partial charge is 0.278 e. The number of hydrogen-bond acceptors (Lipinski definition) is 4. The molecule has 7 heteroatoms.